The van der Waals surface area contributed by atoms with Crippen LogP contribution in [0.5, 0.6) is 0 Å². The third-order valence-electron chi connectivity index (χ3n) is 4.14. The molecule has 0 saturated carbocycles. The second-order valence-electron chi connectivity index (χ2n) is 7.03. The van der Waals surface area contributed by atoms with Crippen molar-refractivity contribution in [3.63, 3.8) is 0 Å². The fourth-order valence-corrected chi connectivity index (χ4v) is 3.60. The molecule has 0 aliphatic carbocycles. The summed E-state index contributed by atoms with van der Waals surface area (Å²) in [5, 5.41) is 9.70. The van der Waals surface area contributed by atoms with Gasteiger partial charge in [-0.15, -0.1) is 10.2 Å². The van der Waals surface area contributed by atoms with Crippen LogP contribution >= 0.6 is 11.8 Å². The molecule has 0 spiro atoms. The predicted octanol–water partition coefficient (Wildman–Crippen LogP) is 4.95. The molecule has 1 aromatic carbocycles. The largest absolute Gasteiger partial charge is 0.302 e. The number of aromatic nitrogens is 4. The highest BCUT2D eigenvalue weighted by atomic mass is 32.2. The minimum absolute atomic E-state index is 0.187. The van der Waals surface area contributed by atoms with Gasteiger partial charge in [-0.2, -0.15) is 0 Å². The molecule has 2 heterocycles. The molecule has 0 atom stereocenters. The molecular formula is C20H24N4S. The SMILES string of the molecule is CCn1c(SCc2ccc(C(C)(C)C)cc2)nnc1-c1cccnc1. The predicted molar refractivity (Wildman–Crippen MR) is 104 cm³/mol. The molecule has 3 aromatic rings. The molecule has 0 unspecified atom stereocenters. The average Bonchev–Trinajstić information content (AvgIpc) is 3.03. The zero-order valence-corrected chi connectivity index (χ0v) is 16.0. The van der Waals surface area contributed by atoms with E-state index in [1.54, 1.807) is 18.0 Å². The quantitative estimate of drug-likeness (QED) is 0.609. The average molecular weight is 353 g/mol. The zero-order chi connectivity index (χ0) is 17.9. The van der Waals surface area contributed by atoms with Crippen molar-refractivity contribution in [1.29, 1.82) is 0 Å². The van der Waals surface area contributed by atoms with Crippen LogP contribution in [0, 0.1) is 0 Å². The highest BCUT2D eigenvalue weighted by Crippen LogP contribution is 2.27. The van der Waals surface area contributed by atoms with Crippen molar-refractivity contribution >= 4 is 11.8 Å². The van der Waals surface area contributed by atoms with E-state index in [4.69, 9.17) is 0 Å². The summed E-state index contributed by atoms with van der Waals surface area (Å²) in [4.78, 5) is 4.18. The third-order valence-corrected chi connectivity index (χ3v) is 5.18. The monoisotopic (exact) mass is 352 g/mol. The van der Waals surface area contributed by atoms with Crippen molar-refractivity contribution in [3.05, 3.63) is 59.9 Å². The lowest BCUT2D eigenvalue weighted by Gasteiger charge is -2.19. The molecule has 4 nitrogen and oxygen atoms in total. The van der Waals surface area contributed by atoms with Gasteiger partial charge in [0.1, 0.15) is 0 Å². The Hall–Kier alpha value is -2.14. The Morgan fingerprint density at radius 3 is 2.40 bits per heavy atom. The van der Waals surface area contributed by atoms with Crippen LogP contribution in [0.2, 0.25) is 0 Å². The van der Waals surface area contributed by atoms with Crippen LogP contribution < -0.4 is 0 Å². The molecule has 0 bridgehead atoms. The molecule has 2 aromatic heterocycles. The van der Waals surface area contributed by atoms with Crippen LogP contribution in [-0.4, -0.2) is 19.7 Å². The van der Waals surface area contributed by atoms with Crippen molar-refractivity contribution in [2.75, 3.05) is 0 Å². The molecule has 0 saturated heterocycles. The summed E-state index contributed by atoms with van der Waals surface area (Å²) >= 11 is 1.72. The van der Waals surface area contributed by atoms with E-state index in [0.717, 1.165) is 28.8 Å². The van der Waals surface area contributed by atoms with Crippen LogP contribution in [0.15, 0.2) is 53.9 Å². The maximum Gasteiger partial charge on any atom is 0.191 e. The Morgan fingerprint density at radius 2 is 1.80 bits per heavy atom. The Kier molecular flexibility index (Phi) is 5.23. The van der Waals surface area contributed by atoms with E-state index >= 15 is 0 Å². The minimum Gasteiger partial charge on any atom is -0.302 e. The summed E-state index contributed by atoms with van der Waals surface area (Å²) in [5.41, 5.74) is 3.84. The third kappa shape index (κ3) is 4.10. The Morgan fingerprint density at radius 1 is 1.04 bits per heavy atom. The number of rotatable bonds is 5. The molecule has 0 N–H and O–H groups in total. The second kappa shape index (κ2) is 7.40. The fraction of sp³-hybridized carbons (Fsp3) is 0.350. The molecule has 3 rings (SSSR count). The standard InChI is InChI=1S/C20H24N4S/c1-5-24-18(16-7-6-12-21-13-16)22-23-19(24)25-14-15-8-10-17(11-9-15)20(2,3)4/h6-13H,5,14H2,1-4H3. The first-order valence-corrected chi connectivity index (χ1v) is 9.53. The number of pyridine rings is 1. The number of hydrogen-bond acceptors (Lipinski definition) is 4. The number of nitrogens with zero attached hydrogens (tertiary/aromatic N) is 4. The van der Waals surface area contributed by atoms with Gasteiger partial charge in [0.05, 0.1) is 0 Å². The molecule has 25 heavy (non-hydrogen) atoms. The van der Waals surface area contributed by atoms with Gasteiger partial charge in [0.2, 0.25) is 0 Å². The minimum atomic E-state index is 0.187. The first kappa shape index (κ1) is 17.7. The van der Waals surface area contributed by atoms with E-state index in [9.17, 15) is 0 Å². The summed E-state index contributed by atoms with van der Waals surface area (Å²) < 4.78 is 2.14. The molecular weight excluding hydrogens is 328 g/mol. The molecule has 130 valence electrons. The van der Waals surface area contributed by atoms with E-state index in [0.29, 0.717) is 0 Å². The van der Waals surface area contributed by atoms with Gasteiger partial charge in [-0.25, -0.2) is 0 Å². The summed E-state index contributed by atoms with van der Waals surface area (Å²) in [7, 11) is 0. The zero-order valence-electron chi connectivity index (χ0n) is 15.2. The van der Waals surface area contributed by atoms with E-state index in [1.807, 2.05) is 18.3 Å². The van der Waals surface area contributed by atoms with Gasteiger partial charge in [-0.3, -0.25) is 4.98 Å². The topological polar surface area (TPSA) is 43.6 Å². The fourth-order valence-electron chi connectivity index (χ4n) is 2.64. The lowest BCUT2D eigenvalue weighted by Crippen LogP contribution is -2.10. The van der Waals surface area contributed by atoms with Crippen LogP contribution in [0.4, 0.5) is 0 Å². The summed E-state index contributed by atoms with van der Waals surface area (Å²) in [5.74, 6) is 1.76. The Balaban J connectivity index is 1.75. The van der Waals surface area contributed by atoms with Crippen molar-refractivity contribution in [2.24, 2.45) is 0 Å². The highest BCUT2D eigenvalue weighted by molar-refractivity contribution is 7.98. The van der Waals surface area contributed by atoms with E-state index in [-0.39, 0.29) is 5.41 Å². The summed E-state index contributed by atoms with van der Waals surface area (Å²) in [6, 6.07) is 12.8. The lowest BCUT2D eigenvalue weighted by atomic mass is 9.87. The second-order valence-corrected chi connectivity index (χ2v) is 7.97. The lowest BCUT2D eigenvalue weighted by molar-refractivity contribution is 0.590. The Labute approximate surface area is 153 Å². The molecule has 0 radical (unpaired) electrons. The van der Waals surface area contributed by atoms with Gasteiger partial charge in [0, 0.05) is 30.3 Å². The molecule has 0 aliphatic rings. The van der Waals surface area contributed by atoms with Crippen LogP contribution in [-0.2, 0) is 17.7 Å². The number of benzene rings is 1. The summed E-state index contributed by atoms with van der Waals surface area (Å²) in [6.07, 6.45) is 3.60. The van der Waals surface area contributed by atoms with Gasteiger partial charge >= 0.3 is 0 Å². The van der Waals surface area contributed by atoms with Gasteiger partial charge in [0.15, 0.2) is 11.0 Å². The first-order chi connectivity index (χ1) is 12.0. The molecule has 0 aliphatic heterocycles. The van der Waals surface area contributed by atoms with Crippen molar-refractivity contribution in [2.45, 2.75) is 50.6 Å². The normalized spacial score (nSPS) is 11.7. The summed E-state index contributed by atoms with van der Waals surface area (Å²) in [6.45, 7) is 9.66. The molecule has 0 amide bonds. The smallest absolute Gasteiger partial charge is 0.191 e. The highest BCUT2D eigenvalue weighted by Gasteiger charge is 2.15. The van der Waals surface area contributed by atoms with E-state index in [2.05, 4.69) is 71.7 Å². The molecule has 5 heteroatoms. The first-order valence-electron chi connectivity index (χ1n) is 8.55. The maximum absolute atomic E-state index is 4.38. The number of thioether (sulfide) groups is 1. The van der Waals surface area contributed by atoms with Crippen LogP contribution in [0.1, 0.15) is 38.8 Å². The van der Waals surface area contributed by atoms with Crippen molar-refractivity contribution in [3.8, 4) is 11.4 Å². The van der Waals surface area contributed by atoms with Crippen LogP contribution in [0.3, 0.4) is 0 Å². The van der Waals surface area contributed by atoms with Gasteiger partial charge in [-0.05, 0) is 35.6 Å². The van der Waals surface area contributed by atoms with E-state index in [1.165, 1.54) is 11.1 Å². The molecule has 0 fully saturated rings. The van der Waals surface area contributed by atoms with Gasteiger partial charge < -0.3 is 4.57 Å². The van der Waals surface area contributed by atoms with E-state index < -0.39 is 0 Å². The van der Waals surface area contributed by atoms with Crippen LogP contribution in [0.25, 0.3) is 11.4 Å². The Bertz CT molecular complexity index is 817. The van der Waals surface area contributed by atoms with Gasteiger partial charge in [0.25, 0.3) is 0 Å². The number of hydrogen-bond donors (Lipinski definition) is 0. The van der Waals surface area contributed by atoms with Crippen molar-refractivity contribution < 1.29 is 0 Å². The van der Waals surface area contributed by atoms with Crippen molar-refractivity contribution in [1.82, 2.24) is 19.7 Å². The maximum atomic E-state index is 4.38. The van der Waals surface area contributed by atoms with Gasteiger partial charge in [-0.1, -0.05) is 56.8 Å².